The molecule has 1 fully saturated rings. The number of benzene rings is 2. The lowest BCUT2D eigenvalue weighted by atomic mass is 9.82. The van der Waals surface area contributed by atoms with E-state index in [1.165, 1.54) is 43.4 Å². The molecule has 0 aliphatic heterocycles. The number of nitrogens with zero attached hydrogens (tertiary/aromatic N) is 1. The quantitative estimate of drug-likeness (QED) is 0.247. The van der Waals surface area contributed by atoms with Crippen molar-refractivity contribution in [3.8, 4) is 11.5 Å². The molecule has 218 valence electrons. The standard InChI is InChI=1S/C29H34F3NO7/c1-18-5-8-20(9-6-18)27(35)33(21(16-37-2)17-38-3)25-11-10-22(14-23(25)28(36)39-4)40-26-12-7-19(15-34)13-24(26)29(30,31)32/h7,10-15,18,20-21H,5-6,8-9,16-17H2,1-4H3. The minimum absolute atomic E-state index is 0.0761. The number of rotatable bonds is 11. The van der Waals surface area contributed by atoms with Gasteiger partial charge in [-0.3, -0.25) is 9.59 Å². The second-order valence-electron chi connectivity index (χ2n) is 9.87. The Kier molecular flexibility index (Phi) is 10.7. The first-order chi connectivity index (χ1) is 19.0. The number of ether oxygens (including phenoxy) is 4. The summed E-state index contributed by atoms with van der Waals surface area (Å²) >= 11 is 0. The molecule has 0 radical (unpaired) electrons. The van der Waals surface area contributed by atoms with Crippen LogP contribution in [-0.2, 0) is 25.2 Å². The smallest absolute Gasteiger partial charge is 0.420 e. The van der Waals surface area contributed by atoms with Gasteiger partial charge < -0.3 is 23.8 Å². The summed E-state index contributed by atoms with van der Waals surface area (Å²) in [4.78, 5) is 39.4. The monoisotopic (exact) mass is 565 g/mol. The molecule has 0 heterocycles. The highest BCUT2D eigenvalue weighted by atomic mass is 19.4. The Bertz CT molecular complexity index is 1190. The van der Waals surface area contributed by atoms with Crippen LogP contribution in [-0.4, -0.2) is 58.7 Å². The van der Waals surface area contributed by atoms with Crippen molar-refractivity contribution in [2.24, 2.45) is 11.8 Å². The van der Waals surface area contributed by atoms with Crippen molar-refractivity contribution < 1.29 is 46.5 Å². The first-order valence-corrected chi connectivity index (χ1v) is 12.9. The number of esters is 1. The minimum atomic E-state index is -4.80. The maximum Gasteiger partial charge on any atom is 0.420 e. The number of hydrogen-bond donors (Lipinski definition) is 0. The van der Waals surface area contributed by atoms with Crippen molar-refractivity contribution in [3.63, 3.8) is 0 Å². The van der Waals surface area contributed by atoms with E-state index in [2.05, 4.69) is 6.92 Å². The Morgan fingerprint density at radius 2 is 1.65 bits per heavy atom. The van der Waals surface area contributed by atoms with E-state index in [0.717, 1.165) is 26.0 Å². The third kappa shape index (κ3) is 7.39. The van der Waals surface area contributed by atoms with E-state index in [1.807, 2.05) is 0 Å². The van der Waals surface area contributed by atoms with Crippen molar-refractivity contribution in [1.29, 1.82) is 0 Å². The van der Waals surface area contributed by atoms with Crippen LogP contribution in [0.4, 0.5) is 18.9 Å². The van der Waals surface area contributed by atoms with E-state index < -0.39 is 29.5 Å². The Morgan fingerprint density at radius 3 is 2.20 bits per heavy atom. The Hall–Kier alpha value is -3.44. The number of amides is 1. The largest absolute Gasteiger partial charge is 0.465 e. The van der Waals surface area contributed by atoms with Gasteiger partial charge in [-0.2, -0.15) is 13.2 Å². The molecule has 0 unspecified atom stereocenters. The summed E-state index contributed by atoms with van der Waals surface area (Å²) in [5.41, 5.74) is -1.19. The summed E-state index contributed by atoms with van der Waals surface area (Å²) in [7, 11) is 4.13. The van der Waals surface area contributed by atoms with Crippen LogP contribution < -0.4 is 9.64 Å². The van der Waals surface area contributed by atoms with E-state index in [1.54, 1.807) is 0 Å². The van der Waals surface area contributed by atoms with Gasteiger partial charge in [0, 0.05) is 25.7 Å². The van der Waals surface area contributed by atoms with E-state index in [-0.39, 0.29) is 47.6 Å². The SMILES string of the molecule is COCC(COC)N(C(=O)C1CCC(C)CC1)c1ccc(Oc2ccc(C=O)cc2C(F)(F)F)cc1C(=O)OC. The lowest BCUT2D eigenvalue weighted by Gasteiger charge is -2.36. The van der Waals surface area contributed by atoms with Gasteiger partial charge in [-0.1, -0.05) is 6.92 Å². The fourth-order valence-electron chi connectivity index (χ4n) is 4.90. The van der Waals surface area contributed by atoms with Crippen LogP contribution in [0.3, 0.4) is 0 Å². The van der Waals surface area contributed by atoms with Crippen LogP contribution in [0, 0.1) is 11.8 Å². The van der Waals surface area contributed by atoms with Gasteiger partial charge in [0.2, 0.25) is 5.91 Å². The third-order valence-electron chi connectivity index (χ3n) is 6.99. The summed E-state index contributed by atoms with van der Waals surface area (Å²) in [6.07, 6.45) is -1.33. The number of halogens is 3. The number of aldehydes is 1. The van der Waals surface area contributed by atoms with Crippen molar-refractivity contribution >= 4 is 23.9 Å². The molecule has 2 aromatic carbocycles. The molecule has 1 aliphatic carbocycles. The molecule has 3 rings (SSSR count). The van der Waals surface area contributed by atoms with Crippen LogP contribution >= 0.6 is 0 Å². The number of hydrogen-bond acceptors (Lipinski definition) is 7. The van der Waals surface area contributed by atoms with Gasteiger partial charge in [-0.05, 0) is 68.0 Å². The highest BCUT2D eigenvalue weighted by Crippen LogP contribution is 2.40. The average molecular weight is 566 g/mol. The maximum atomic E-state index is 13.9. The van der Waals surface area contributed by atoms with Gasteiger partial charge in [0.05, 0.1) is 43.2 Å². The topological polar surface area (TPSA) is 91.4 Å². The maximum absolute atomic E-state index is 13.9. The van der Waals surface area contributed by atoms with E-state index in [4.69, 9.17) is 18.9 Å². The molecule has 0 aromatic heterocycles. The molecule has 0 saturated heterocycles. The summed E-state index contributed by atoms with van der Waals surface area (Å²) < 4.78 is 62.3. The molecule has 2 aromatic rings. The zero-order valence-electron chi connectivity index (χ0n) is 23.0. The van der Waals surface area contributed by atoms with Gasteiger partial charge in [0.1, 0.15) is 17.8 Å². The first-order valence-electron chi connectivity index (χ1n) is 12.9. The lowest BCUT2D eigenvalue weighted by Crippen LogP contribution is -2.49. The molecule has 1 aliphatic rings. The number of alkyl halides is 3. The number of carbonyl (C=O) groups is 3. The zero-order valence-corrected chi connectivity index (χ0v) is 23.0. The van der Waals surface area contributed by atoms with Crippen LogP contribution in [0.25, 0.3) is 0 Å². The number of anilines is 1. The Labute approximate surface area is 231 Å². The number of carbonyl (C=O) groups excluding carboxylic acids is 3. The summed E-state index contributed by atoms with van der Waals surface area (Å²) in [5.74, 6) is -1.43. The molecule has 0 spiro atoms. The number of methoxy groups -OCH3 is 3. The van der Waals surface area contributed by atoms with Crippen LogP contribution in [0.15, 0.2) is 36.4 Å². The second-order valence-corrected chi connectivity index (χ2v) is 9.87. The van der Waals surface area contributed by atoms with E-state index in [0.29, 0.717) is 31.1 Å². The zero-order chi connectivity index (χ0) is 29.4. The molecule has 0 bridgehead atoms. The van der Waals surface area contributed by atoms with Crippen molar-refractivity contribution in [3.05, 3.63) is 53.1 Å². The Morgan fingerprint density at radius 1 is 1.00 bits per heavy atom. The van der Waals surface area contributed by atoms with Gasteiger partial charge in [-0.25, -0.2) is 4.79 Å². The summed E-state index contributed by atoms with van der Waals surface area (Å²) in [5, 5.41) is 0. The molecule has 0 N–H and O–H groups in total. The van der Waals surface area contributed by atoms with Gasteiger partial charge in [0.25, 0.3) is 0 Å². The van der Waals surface area contributed by atoms with Crippen LogP contribution in [0.1, 0.15) is 58.9 Å². The first kappa shape index (κ1) is 31.1. The molecule has 1 saturated carbocycles. The third-order valence-corrected chi connectivity index (χ3v) is 6.99. The highest BCUT2D eigenvalue weighted by molar-refractivity contribution is 6.04. The van der Waals surface area contributed by atoms with Crippen molar-refractivity contribution in [1.82, 2.24) is 0 Å². The van der Waals surface area contributed by atoms with Crippen molar-refractivity contribution in [2.45, 2.75) is 44.8 Å². The predicted molar refractivity (Wildman–Crippen MR) is 141 cm³/mol. The molecule has 8 nitrogen and oxygen atoms in total. The summed E-state index contributed by atoms with van der Waals surface area (Å²) in [6.45, 7) is 2.36. The predicted octanol–water partition coefficient (Wildman–Crippen LogP) is 5.92. The fraction of sp³-hybridized carbons (Fsp3) is 0.483. The van der Waals surface area contributed by atoms with Crippen LogP contribution in [0.5, 0.6) is 11.5 Å². The van der Waals surface area contributed by atoms with Crippen molar-refractivity contribution in [2.75, 3.05) is 39.4 Å². The molecular formula is C29H34F3NO7. The van der Waals surface area contributed by atoms with Gasteiger partial charge in [-0.15, -0.1) is 0 Å². The fourth-order valence-corrected chi connectivity index (χ4v) is 4.90. The van der Waals surface area contributed by atoms with Gasteiger partial charge in [0.15, 0.2) is 0 Å². The Balaban J connectivity index is 2.09. The molecular weight excluding hydrogens is 531 g/mol. The summed E-state index contributed by atoms with van der Waals surface area (Å²) in [6, 6.07) is 6.36. The highest BCUT2D eigenvalue weighted by Gasteiger charge is 2.37. The van der Waals surface area contributed by atoms with Crippen LogP contribution in [0.2, 0.25) is 0 Å². The molecule has 40 heavy (non-hydrogen) atoms. The average Bonchev–Trinajstić information content (AvgIpc) is 2.93. The lowest BCUT2D eigenvalue weighted by molar-refractivity contribution is -0.138. The normalized spacial score (nSPS) is 17.4. The van der Waals surface area contributed by atoms with Gasteiger partial charge >= 0.3 is 12.1 Å². The second kappa shape index (κ2) is 13.8. The molecule has 11 heteroatoms. The van der Waals surface area contributed by atoms with E-state index in [9.17, 15) is 27.6 Å². The molecule has 1 amide bonds. The van der Waals surface area contributed by atoms with E-state index >= 15 is 0 Å². The minimum Gasteiger partial charge on any atom is -0.465 e. The molecule has 0 atom stereocenters.